The van der Waals surface area contributed by atoms with E-state index in [-0.39, 0.29) is 5.91 Å². The standard InChI is InChI=1S/C12H20N4O/c13-7-9-16(10-4-2-1-3-5-10)12(17)11-6-8-14-15-11/h6,8,10H,1-5,7,9,13H2,(H,14,15). The minimum absolute atomic E-state index is 0.0276. The number of nitrogens with two attached hydrogens (primary N) is 1. The molecule has 0 bridgehead atoms. The highest BCUT2D eigenvalue weighted by Gasteiger charge is 2.26. The largest absolute Gasteiger partial charge is 0.333 e. The second kappa shape index (κ2) is 5.82. The SMILES string of the molecule is NCCN(C(=O)c1ccn[nH]1)C1CCCCC1. The van der Waals surface area contributed by atoms with Gasteiger partial charge in [0.25, 0.3) is 5.91 Å². The summed E-state index contributed by atoms with van der Waals surface area (Å²) in [6.45, 7) is 1.14. The monoisotopic (exact) mass is 236 g/mol. The molecule has 5 nitrogen and oxygen atoms in total. The molecule has 2 rings (SSSR count). The fourth-order valence-electron chi connectivity index (χ4n) is 2.51. The van der Waals surface area contributed by atoms with Crippen molar-refractivity contribution in [1.82, 2.24) is 15.1 Å². The summed E-state index contributed by atoms with van der Waals surface area (Å²) in [5, 5.41) is 6.56. The molecule has 17 heavy (non-hydrogen) atoms. The van der Waals surface area contributed by atoms with Crippen LogP contribution in [0.15, 0.2) is 12.3 Å². The molecular weight excluding hydrogens is 216 g/mol. The van der Waals surface area contributed by atoms with Crippen molar-refractivity contribution < 1.29 is 4.79 Å². The van der Waals surface area contributed by atoms with Crippen LogP contribution >= 0.6 is 0 Å². The third-order valence-electron chi connectivity index (χ3n) is 3.38. The highest BCUT2D eigenvalue weighted by Crippen LogP contribution is 2.23. The molecule has 0 unspecified atom stereocenters. The van der Waals surface area contributed by atoms with Crippen molar-refractivity contribution in [3.63, 3.8) is 0 Å². The first-order valence-electron chi connectivity index (χ1n) is 6.33. The Morgan fingerprint density at radius 2 is 2.24 bits per heavy atom. The van der Waals surface area contributed by atoms with Crippen LogP contribution < -0.4 is 5.73 Å². The smallest absolute Gasteiger partial charge is 0.272 e. The van der Waals surface area contributed by atoms with Crippen molar-refractivity contribution in [2.75, 3.05) is 13.1 Å². The number of nitrogens with zero attached hydrogens (tertiary/aromatic N) is 2. The molecule has 1 saturated carbocycles. The molecule has 1 amide bonds. The van der Waals surface area contributed by atoms with Crippen LogP contribution in [-0.2, 0) is 0 Å². The van der Waals surface area contributed by atoms with E-state index in [1.54, 1.807) is 12.3 Å². The Morgan fingerprint density at radius 3 is 2.82 bits per heavy atom. The quantitative estimate of drug-likeness (QED) is 0.823. The first-order chi connectivity index (χ1) is 8.33. The predicted molar refractivity (Wildman–Crippen MR) is 65.6 cm³/mol. The number of amides is 1. The Bertz CT molecular complexity index is 343. The summed E-state index contributed by atoms with van der Waals surface area (Å²) in [6, 6.07) is 2.07. The van der Waals surface area contributed by atoms with Crippen molar-refractivity contribution in [3.05, 3.63) is 18.0 Å². The second-order valence-electron chi connectivity index (χ2n) is 4.55. The molecule has 94 valence electrons. The van der Waals surface area contributed by atoms with E-state index < -0.39 is 0 Å². The zero-order valence-corrected chi connectivity index (χ0v) is 10.1. The molecule has 1 aliphatic carbocycles. The van der Waals surface area contributed by atoms with Gasteiger partial charge in [0.15, 0.2) is 0 Å². The number of aromatic nitrogens is 2. The third kappa shape index (κ3) is 2.85. The van der Waals surface area contributed by atoms with Crippen molar-refractivity contribution in [3.8, 4) is 0 Å². The van der Waals surface area contributed by atoms with Crippen LogP contribution in [0.1, 0.15) is 42.6 Å². The maximum absolute atomic E-state index is 12.3. The molecule has 1 aromatic rings. The van der Waals surface area contributed by atoms with Gasteiger partial charge in [-0.2, -0.15) is 5.10 Å². The number of hydrogen-bond acceptors (Lipinski definition) is 3. The number of H-pyrrole nitrogens is 1. The Kier molecular flexibility index (Phi) is 4.14. The van der Waals surface area contributed by atoms with Crippen LogP contribution in [0.5, 0.6) is 0 Å². The van der Waals surface area contributed by atoms with E-state index in [4.69, 9.17) is 5.73 Å². The minimum Gasteiger partial charge on any atom is -0.333 e. The van der Waals surface area contributed by atoms with E-state index in [2.05, 4.69) is 10.2 Å². The van der Waals surface area contributed by atoms with Crippen LogP contribution in [0.4, 0.5) is 0 Å². The van der Waals surface area contributed by atoms with Crippen molar-refractivity contribution in [2.24, 2.45) is 5.73 Å². The molecule has 5 heteroatoms. The molecule has 3 N–H and O–H groups in total. The average Bonchev–Trinajstić information content (AvgIpc) is 2.90. The lowest BCUT2D eigenvalue weighted by molar-refractivity contribution is 0.0635. The van der Waals surface area contributed by atoms with Gasteiger partial charge in [0.2, 0.25) is 0 Å². The van der Waals surface area contributed by atoms with Crippen LogP contribution in [0.3, 0.4) is 0 Å². The van der Waals surface area contributed by atoms with Gasteiger partial charge in [-0.15, -0.1) is 0 Å². The second-order valence-corrected chi connectivity index (χ2v) is 4.55. The van der Waals surface area contributed by atoms with Crippen LogP contribution in [0, 0.1) is 0 Å². The molecule has 0 saturated heterocycles. The fraction of sp³-hybridized carbons (Fsp3) is 0.667. The highest BCUT2D eigenvalue weighted by molar-refractivity contribution is 5.92. The number of nitrogens with one attached hydrogen (secondary N) is 1. The van der Waals surface area contributed by atoms with Gasteiger partial charge >= 0.3 is 0 Å². The van der Waals surface area contributed by atoms with Gasteiger partial charge in [-0.25, -0.2) is 0 Å². The van der Waals surface area contributed by atoms with Gasteiger partial charge in [-0.3, -0.25) is 9.89 Å². The van der Waals surface area contributed by atoms with Gasteiger partial charge in [-0.1, -0.05) is 19.3 Å². The molecule has 0 spiro atoms. The first kappa shape index (κ1) is 12.1. The zero-order valence-electron chi connectivity index (χ0n) is 10.1. The van der Waals surface area contributed by atoms with E-state index in [1.165, 1.54) is 19.3 Å². The maximum atomic E-state index is 12.3. The number of carbonyl (C=O) groups is 1. The van der Waals surface area contributed by atoms with E-state index in [1.807, 2.05) is 4.90 Å². The lowest BCUT2D eigenvalue weighted by atomic mass is 9.94. The molecule has 0 aliphatic heterocycles. The van der Waals surface area contributed by atoms with Gasteiger partial charge < -0.3 is 10.6 Å². The molecule has 0 aromatic carbocycles. The van der Waals surface area contributed by atoms with E-state index >= 15 is 0 Å². The number of rotatable bonds is 4. The first-order valence-corrected chi connectivity index (χ1v) is 6.33. The molecule has 0 atom stereocenters. The Hall–Kier alpha value is -1.36. The van der Waals surface area contributed by atoms with E-state index in [0.717, 1.165) is 12.8 Å². The summed E-state index contributed by atoms with van der Waals surface area (Å²) in [5.41, 5.74) is 6.17. The van der Waals surface area contributed by atoms with Gasteiger partial charge in [0.1, 0.15) is 5.69 Å². The van der Waals surface area contributed by atoms with Crippen LogP contribution in [0.2, 0.25) is 0 Å². The van der Waals surface area contributed by atoms with Gasteiger partial charge in [0.05, 0.1) is 0 Å². The van der Waals surface area contributed by atoms with Crippen LogP contribution in [-0.4, -0.2) is 40.1 Å². The van der Waals surface area contributed by atoms with Crippen LogP contribution in [0.25, 0.3) is 0 Å². The molecule has 1 aliphatic rings. The number of aromatic amines is 1. The lowest BCUT2D eigenvalue weighted by Crippen LogP contribution is -2.44. The Balaban J connectivity index is 2.07. The van der Waals surface area contributed by atoms with Crippen molar-refractivity contribution >= 4 is 5.91 Å². The Labute approximate surface area is 101 Å². The summed E-state index contributed by atoms with van der Waals surface area (Å²) < 4.78 is 0. The maximum Gasteiger partial charge on any atom is 0.272 e. The summed E-state index contributed by atoms with van der Waals surface area (Å²) in [5.74, 6) is 0.0276. The summed E-state index contributed by atoms with van der Waals surface area (Å²) in [4.78, 5) is 14.2. The fourth-order valence-corrected chi connectivity index (χ4v) is 2.51. The highest BCUT2D eigenvalue weighted by atomic mass is 16.2. The van der Waals surface area contributed by atoms with Crippen molar-refractivity contribution in [1.29, 1.82) is 0 Å². The van der Waals surface area contributed by atoms with Crippen molar-refractivity contribution in [2.45, 2.75) is 38.1 Å². The predicted octanol–water partition coefficient (Wildman–Crippen LogP) is 1.14. The summed E-state index contributed by atoms with van der Waals surface area (Å²) >= 11 is 0. The Morgan fingerprint density at radius 1 is 1.47 bits per heavy atom. The molecule has 1 aromatic heterocycles. The molecule has 1 heterocycles. The molecular formula is C12H20N4O. The number of carbonyl (C=O) groups excluding carboxylic acids is 1. The third-order valence-corrected chi connectivity index (χ3v) is 3.38. The van der Waals surface area contributed by atoms with E-state index in [0.29, 0.717) is 24.8 Å². The molecule has 0 radical (unpaired) electrons. The van der Waals surface area contributed by atoms with E-state index in [9.17, 15) is 4.79 Å². The topological polar surface area (TPSA) is 75.0 Å². The lowest BCUT2D eigenvalue weighted by Gasteiger charge is -2.33. The average molecular weight is 236 g/mol. The summed E-state index contributed by atoms with van der Waals surface area (Å²) in [7, 11) is 0. The summed E-state index contributed by atoms with van der Waals surface area (Å²) in [6.07, 6.45) is 7.50. The number of hydrogen-bond donors (Lipinski definition) is 2. The molecule has 1 fully saturated rings. The minimum atomic E-state index is 0.0276. The normalized spacial score (nSPS) is 17.0. The van der Waals surface area contributed by atoms with Gasteiger partial charge in [0, 0.05) is 25.3 Å². The zero-order chi connectivity index (χ0) is 12.1. The van der Waals surface area contributed by atoms with Gasteiger partial charge in [-0.05, 0) is 18.9 Å².